The average Bonchev–Trinajstić information content (AvgIpc) is 3.57. The van der Waals surface area contributed by atoms with Crippen molar-refractivity contribution < 1.29 is 13.9 Å². The number of hydrazine groups is 1. The number of hydrogen-bond donors (Lipinski definition) is 3. The number of fused-ring (bicyclic) bond motifs is 1. The summed E-state index contributed by atoms with van der Waals surface area (Å²) >= 11 is 0. The normalized spacial score (nSPS) is 13.6. The molecule has 1 fully saturated rings. The Balaban J connectivity index is 1.39. The number of ether oxygens (including phenoxy) is 1. The highest BCUT2D eigenvalue weighted by atomic mass is 19.1. The summed E-state index contributed by atoms with van der Waals surface area (Å²) in [6.07, 6.45) is 8.83. The lowest BCUT2D eigenvalue weighted by molar-refractivity contribution is -0.117. The molecule has 0 saturated heterocycles. The summed E-state index contributed by atoms with van der Waals surface area (Å²) in [5.74, 6) is 4.86. The predicted molar refractivity (Wildman–Crippen MR) is 116 cm³/mol. The molecule has 33 heavy (non-hydrogen) atoms. The maximum absolute atomic E-state index is 14.4. The van der Waals surface area contributed by atoms with Gasteiger partial charge in [0.2, 0.25) is 0 Å². The van der Waals surface area contributed by atoms with E-state index in [2.05, 4.69) is 27.5 Å². The number of carbonyl (C=O) groups excluding carboxylic acids is 1. The number of hydrogen-bond acceptors (Lipinski definition) is 8. The molecule has 1 aliphatic rings. The second kappa shape index (κ2) is 9.13. The van der Waals surface area contributed by atoms with Crippen molar-refractivity contribution in [3.05, 3.63) is 70.8 Å². The Labute approximate surface area is 189 Å². The minimum absolute atomic E-state index is 0.0201. The van der Waals surface area contributed by atoms with Crippen LogP contribution in [0.5, 0.6) is 5.88 Å². The Bertz CT molecular complexity index is 1280. The summed E-state index contributed by atoms with van der Waals surface area (Å²) in [7, 11) is 1.26. The molecule has 4 rings (SSSR count). The van der Waals surface area contributed by atoms with Crippen LogP contribution in [0.15, 0.2) is 42.6 Å². The average molecular weight is 450 g/mol. The number of amides is 1. The van der Waals surface area contributed by atoms with Gasteiger partial charge in [0, 0.05) is 36.9 Å². The molecule has 0 unspecified atom stereocenters. The Morgan fingerprint density at radius 2 is 2.24 bits per heavy atom. The number of halogens is 1. The van der Waals surface area contributed by atoms with Crippen LogP contribution < -0.4 is 21.6 Å². The minimum atomic E-state index is -0.823. The number of nitriles is 1. The predicted octanol–water partition coefficient (Wildman–Crippen LogP) is 1.42. The molecule has 11 heteroatoms. The van der Waals surface area contributed by atoms with E-state index in [4.69, 9.17) is 21.6 Å². The molecule has 1 saturated carbocycles. The first kappa shape index (κ1) is 22.0. The van der Waals surface area contributed by atoms with Crippen molar-refractivity contribution in [2.45, 2.75) is 31.8 Å². The molecular weight excluding hydrogens is 427 g/mol. The smallest absolute Gasteiger partial charge is 0.268 e. The van der Waals surface area contributed by atoms with E-state index in [0.29, 0.717) is 11.6 Å². The third-order valence-electron chi connectivity index (χ3n) is 5.31. The summed E-state index contributed by atoms with van der Waals surface area (Å²) < 4.78 is 21.2. The van der Waals surface area contributed by atoms with Gasteiger partial charge in [0.15, 0.2) is 5.82 Å². The van der Waals surface area contributed by atoms with Crippen LogP contribution >= 0.6 is 0 Å². The van der Waals surface area contributed by atoms with Gasteiger partial charge in [-0.3, -0.25) is 4.79 Å². The number of pyridine rings is 2. The van der Waals surface area contributed by atoms with Gasteiger partial charge in [0.05, 0.1) is 24.9 Å². The van der Waals surface area contributed by atoms with E-state index in [1.807, 2.05) is 22.7 Å². The highest BCUT2D eigenvalue weighted by Gasteiger charge is 2.23. The Morgan fingerprint density at radius 3 is 2.94 bits per heavy atom. The van der Waals surface area contributed by atoms with Crippen molar-refractivity contribution in [3.63, 3.8) is 0 Å². The van der Waals surface area contributed by atoms with Crippen molar-refractivity contribution in [2.75, 3.05) is 7.11 Å². The van der Waals surface area contributed by atoms with E-state index >= 15 is 0 Å². The molecule has 170 valence electrons. The first-order chi connectivity index (χ1) is 15.9. The van der Waals surface area contributed by atoms with Gasteiger partial charge >= 0.3 is 0 Å². The van der Waals surface area contributed by atoms with Gasteiger partial charge in [-0.15, -0.1) is 0 Å². The molecule has 3 aromatic heterocycles. The van der Waals surface area contributed by atoms with E-state index < -0.39 is 11.7 Å². The monoisotopic (exact) mass is 450 g/mol. The van der Waals surface area contributed by atoms with Gasteiger partial charge in [-0.05, 0) is 30.4 Å². The van der Waals surface area contributed by atoms with E-state index in [1.54, 1.807) is 0 Å². The third kappa shape index (κ3) is 4.86. The summed E-state index contributed by atoms with van der Waals surface area (Å²) in [6.45, 7) is -0.0511. The Kier molecular flexibility index (Phi) is 6.10. The lowest BCUT2D eigenvalue weighted by Gasteiger charge is -2.14. The molecule has 3 heterocycles. The second-order valence-electron chi connectivity index (χ2n) is 7.76. The van der Waals surface area contributed by atoms with Crippen molar-refractivity contribution in [2.24, 2.45) is 11.6 Å². The molecule has 5 N–H and O–H groups in total. The van der Waals surface area contributed by atoms with Crippen molar-refractivity contribution in [1.29, 1.82) is 5.26 Å². The number of aromatic nitrogens is 3. The van der Waals surface area contributed by atoms with Gasteiger partial charge in [0.1, 0.15) is 17.4 Å². The van der Waals surface area contributed by atoms with Crippen molar-refractivity contribution in [1.82, 2.24) is 24.7 Å². The van der Waals surface area contributed by atoms with Crippen LogP contribution in [0.1, 0.15) is 41.1 Å². The highest BCUT2D eigenvalue weighted by molar-refractivity contribution is 5.92. The summed E-state index contributed by atoms with van der Waals surface area (Å²) in [4.78, 5) is 20.6. The molecule has 0 bridgehead atoms. The van der Waals surface area contributed by atoms with E-state index in [-0.39, 0.29) is 35.8 Å². The van der Waals surface area contributed by atoms with Crippen LogP contribution in [-0.4, -0.2) is 32.4 Å². The fourth-order valence-corrected chi connectivity index (χ4v) is 3.45. The highest BCUT2D eigenvalue weighted by Crippen LogP contribution is 2.39. The van der Waals surface area contributed by atoms with Gasteiger partial charge in [-0.2, -0.15) is 5.26 Å². The van der Waals surface area contributed by atoms with Crippen LogP contribution in [0.25, 0.3) is 5.65 Å². The number of nitrogens with zero attached hydrogens (tertiary/aromatic N) is 5. The maximum atomic E-state index is 14.4. The number of nitrogens with one attached hydrogen (secondary N) is 1. The van der Waals surface area contributed by atoms with Gasteiger partial charge in [-0.25, -0.2) is 20.2 Å². The first-order valence-electron chi connectivity index (χ1n) is 10.3. The molecule has 10 nitrogen and oxygen atoms in total. The van der Waals surface area contributed by atoms with Crippen LogP contribution in [0.3, 0.4) is 0 Å². The van der Waals surface area contributed by atoms with Gasteiger partial charge in [0.25, 0.3) is 11.8 Å². The van der Waals surface area contributed by atoms with E-state index in [9.17, 15) is 9.18 Å². The van der Waals surface area contributed by atoms with Crippen molar-refractivity contribution in [3.8, 4) is 11.9 Å². The van der Waals surface area contributed by atoms with Crippen LogP contribution in [0, 0.1) is 17.1 Å². The SMILES string of the molecule is COc1ncc(C#N)c(CNC(=O)/C(N)=C/N(N)Cc2cn3cc(C4CC4)ccc3n2)c1F. The number of rotatable bonds is 8. The lowest BCUT2D eigenvalue weighted by atomic mass is 10.1. The molecule has 0 spiro atoms. The zero-order chi connectivity index (χ0) is 23.5. The number of carbonyl (C=O) groups is 1. The molecule has 3 aromatic rings. The zero-order valence-corrected chi connectivity index (χ0v) is 18.0. The summed E-state index contributed by atoms with van der Waals surface area (Å²) in [5, 5.41) is 12.9. The van der Waals surface area contributed by atoms with Crippen LogP contribution in [-0.2, 0) is 17.9 Å². The summed E-state index contributed by atoms with van der Waals surface area (Å²) in [6, 6.07) is 5.89. The minimum Gasteiger partial charge on any atom is -0.479 e. The number of methoxy groups -OCH3 is 1. The standard InChI is InChI=1S/C22H23FN8O2/c1-33-22-20(23)17(15(6-24)7-28-22)8-27-21(32)18(25)12-31(26)11-16-10-30-9-14(13-2-3-13)4-5-19(30)29-16/h4-5,7,9-10,12-13H,2-3,8,11,25-26H2,1H3,(H,27,32)/b18-12-. The first-order valence-corrected chi connectivity index (χ1v) is 10.3. The molecule has 1 aliphatic carbocycles. The number of imidazole rings is 1. The topological polar surface area (TPSA) is 148 Å². The second-order valence-corrected chi connectivity index (χ2v) is 7.76. The van der Waals surface area contributed by atoms with E-state index in [0.717, 1.165) is 5.65 Å². The maximum Gasteiger partial charge on any atom is 0.268 e. The number of nitrogens with two attached hydrogens (primary N) is 2. The summed E-state index contributed by atoms with van der Waals surface area (Å²) in [5.41, 5.74) is 8.39. The molecule has 0 aromatic carbocycles. The largest absolute Gasteiger partial charge is 0.479 e. The van der Waals surface area contributed by atoms with Crippen LogP contribution in [0.2, 0.25) is 0 Å². The van der Waals surface area contributed by atoms with E-state index in [1.165, 1.54) is 42.9 Å². The fourth-order valence-electron chi connectivity index (χ4n) is 3.45. The molecule has 0 atom stereocenters. The van der Waals surface area contributed by atoms with Gasteiger partial charge < -0.3 is 25.2 Å². The zero-order valence-electron chi connectivity index (χ0n) is 18.0. The molecule has 1 amide bonds. The quantitative estimate of drug-likeness (QED) is 0.265. The lowest BCUT2D eigenvalue weighted by Crippen LogP contribution is -2.33. The third-order valence-corrected chi connectivity index (χ3v) is 5.31. The van der Waals surface area contributed by atoms with Crippen LogP contribution in [0.4, 0.5) is 4.39 Å². The Morgan fingerprint density at radius 1 is 1.45 bits per heavy atom. The Hall–Kier alpha value is -4.17. The van der Waals surface area contributed by atoms with Gasteiger partial charge in [-0.1, -0.05) is 6.07 Å². The molecular formula is C22H23FN8O2. The fraction of sp³-hybridized carbons (Fsp3) is 0.273. The molecule has 0 radical (unpaired) electrons. The van der Waals surface area contributed by atoms with Crippen molar-refractivity contribution >= 4 is 11.6 Å². The molecule has 0 aliphatic heterocycles.